The fourth-order valence-electron chi connectivity index (χ4n) is 4.76. The second-order valence-corrected chi connectivity index (χ2v) is 9.38. The summed E-state index contributed by atoms with van der Waals surface area (Å²) in [5.41, 5.74) is 1.06. The Morgan fingerprint density at radius 2 is 1.72 bits per heavy atom. The van der Waals surface area contributed by atoms with Gasteiger partial charge in [0.25, 0.3) is 11.2 Å². The zero-order valence-corrected chi connectivity index (χ0v) is 20.9. The number of aromatic nitrogens is 2. The molecule has 5 rings (SSSR count). The fourth-order valence-corrected chi connectivity index (χ4v) is 4.76. The first-order valence-corrected chi connectivity index (χ1v) is 12.6. The minimum atomic E-state index is -0.556. The topological polar surface area (TPSA) is 143 Å². The van der Waals surface area contributed by atoms with Crippen LogP contribution in [0.2, 0.25) is 0 Å². The van der Waals surface area contributed by atoms with Gasteiger partial charge in [0.05, 0.1) is 27.0 Å². The SMILES string of the molecule is O=c1c2ccccc2nc(C2CCCCC2)n1N=Cc1ccc(OCc2ccc([N+](=O)[O-])cc2)c([N+](=O)[O-])c1. The lowest BCUT2D eigenvalue weighted by atomic mass is 9.88. The van der Waals surface area contributed by atoms with Crippen molar-refractivity contribution in [2.45, 2.75) is 44.6 Å². The van der Waals surface area contributed by atoms with E-state index >= 15 is 0 Å². The molecule has 0 amide bonds. The zero-order valence-electron chi connectivity index (χ0n) is 20.9. The van der Waals surface area contributed by atoms with Gasteiger partial charge in [-0.2, -0.15) is 9.78 Å². The van der Waals surface area contributed by atoms with Crippen molar-refractivity contribution >= 4 is 28.5 Å². The summed E-state index contributed by atoms with van der Waals surface area (Å²) >= 11 is 0. The molecule has 11 nitrogen and oxygen atoms in total. The first-order valence-electron chi connectivity index (χ1n) is 12.6. The molecule has 0 atom stereocenters. The number of para-hydroxylation sites is 1. The van der Waals surface area contributed by atoms with Gasteiger partial charge in [0.2, 0.25) is 0 Å². The van der Waals surface area contributed by atoms with E-state index in [0.29, 0.717) is 27.9 Å². The summed E-state index contributed by atoms with van der Waals surface area (Å²) in [6, 6.07) is 17.3. The number of fused-ring (bicyclic) bond motifs is 1. The molecule has 1 aromatic heterocycles. The highest BCUT2D eigenvalue weighted by atomic mass is 16.6. The predicted molar refractivity (Wildman–Crippen MR) is 145 cm³/mol. The maximum atomic E-state index is 13.4. The number of nitro benzene ring substituents is 2. The van der Waals surface area contributed by atoms with Crippen molar-refractivity contribution in [3.05, 3.63) is 114 Å². The van der Waals surface area contributed by atoms with Gasteiger partial charge >= 0.3 is 5.69 Å². The molecule has 1 fully saturated rings. The Balaban J connectivity index is 1.43. The van der Waals surface area contributed by atoms with Gasteiger partial charge in [0.1, 0.15) is 12.4 Å². The summed E-state index contributed by atoms with van der Waals surface area (Å²) in [6.07, 6.45) is 6.53. The van der Waals surface area contributed by atoms with Crippen LogP contribution in [0.1, 0.15) is 55.0 Å². The highest BCUT2D eigenvalue weighted by Crippen LogP contribution is 2.32. The Labute approximate surface area is 222 Å². The maximum Gasteiger partial charge on any atom is 0.311 e. The van der Waals surface area contributed by atoms with Crippen molar-refractivity contribution < 1.29 is 14.6 Å². The highest BCUT2D eigenvalue weighted by Gasteiger charge is 2.22. The van der Waals surface area contributed by atoms with Crippen LogP contribution in [0, 0.1) is 20.2 Å². The molecule has 0 radical (unpaired) electrons. The van der Waals surface area contributed by atoms with Crippen LogP contribution in [0.15, 0.2) is 76.6 Å². The van der Waals surface area contributed by atoms with Crippen LogP contribution in [-0.2, 0) is 6.61 Å². The Morgan fingerprint density at radius 1 is 0.974 bits per heavy atom. The average molecular weight is 528 g/mol. The fraction of sp³-hybridized carbons (Fsp3) is 0.250. The van der Waals surface area contributed by atoms with E-state index in [4.69, 9.17) is 9.72 Å². The molecule has 1 heterocycles. The van der Waals surface area contributed by atoms with E-state index in [1.54, 1.807) is 18.2 Å². The number of non-ortho nitro benzene ring substituents is 1. The molecule has 0 spiro atoms. The van der Waals surface area contributed by atoms with Gasteiger partial charge in [-0.15, -0.1) is 0 Å². The minimum Gasteiger partial charge on any atom is -0.482 e. The second-order valence-electron chi connectivity index (χ2n) is 9.38. The van der Waals surface area contributed by atoms with Gasteiger partial charge in [-0.3, -0.25) is 25.0 Å². The van der Waals surface area contributed by atoms with E-state index in [2.05, 4.69) is 5.10 Å². The number of nitrogens with zero attached hydrogens (tertiary/aromatic N) is 5. The van der Waals surface area contributed by atoms with Crippen LogP contribution in [0.3, 0.4) is 0 Å². The molecular weight excluding hydrogens is 502 g/mol. The summed E-state index contributed by atoms with van der Waals surface area (Å²) in [7, 11) is 0. The summed E-state index contributed by atoms with van der Waals surface area (Å²) in [5.74, 6) is 0.757. The van der Waals surface area contributed by atoms with Crippen LogP contribution in [-0.4, -0.2) is 25.7 Å². The monoisotopic (exact) mass is 527 g/mol. The molecule has 11 heteroatoms. The molecule has 1 aliphatic carbocycles. The average Bonchev–Trinajstić information content (AvgIpc) is 2.96. The van der Waals surface area contributed by atoms with Crippen LogP contribution >= 0.6 is 0 Å². The Morgan fingerprint density at radius 3 is 2.44 bits per heavy atom. The molecule has 1 aliphatic rings. The van der Waals surface area contributed by atoms with Crippen molar-refractivity contribution in [1.29, 1.82) is 0 Å². The third kappa shape index (κ3) is 5.66. The molecule has 0 N–H and O–H groups in total. The van der Waals surface area contributed by atoms with Gasteiger partial charge in [0, 0.05) is 29.7 Å². The molecule has 3 aromatic carbocycles. The van der Waals surface area contributed by atoms with Gasteiger partial charge in [0.15, 0.2) is 5.75 Å². The molecule has 0 aliphatic heterocycles. The Hall–Kier alpha value is -4.93. The molecule has 0 saturated heterocycles. The van der Waals surface area contributed by atoms with Crippen LogP contribution in [0.4, 0.5) is 11.4 Å². The van der Waals surface area contributed by atoms with E-state index in [-0.39, 0.29) is 35.2 Å². The molecule has 1 saturated carbocycles. The second kappa shape index (κ2) is 11.2. The van der Waals surface area contributed by atoms with E-state index in [1.165, 1.54) is 47.3 Å². The van der Waals surface area contributed by atoms with E-state index in [1.807, 2.05) is 12.1 Å². The van der Waals surface area contributed by atoms with Crippen LogP contribution in [0.25, 0.3) is 10.9 Å². The quantitative estimate of drug-likeness (QED) is 0.162. The molecule has 0 bridgehead atoms. The van der Waals surface area contributed by atoms with Crippen molar-refractivity contribution in [2.24, 2.45) is 5.10 Å². The largest absolute Gasteiger partial charge is 0.482 e. The number of ether oxygens (including phenoxy) is 1. The first-order chi connectivity index (χ1) is 18.9. The zero-order chi connectivity index (χ0) is 27.4. The lowest BCUT2D eigenvalue weighted by Crippen LogP contribution is -2.25. The third-order valence-corrected chi connectivity index (χ3v) is 6.79. The molecule has 4 aromatic rings. The number of hydrogen-bond donors (Lipinski definition) is 0. The summed E-state index contributed by atoms with van der Waals surface area (Å²) in [6.45, 7) is -0.00479. The van der Waals surface area contributed by atoms with Gasteiger partial charge in [-0.1, -0.05) is 31.4 Å². The number of rotatable bonds is 8. The van der Waals surface area contributed by atoms with Crippen LogP contribution < -0.4 is 10.3 Å². The molecule has 198 valence electrons. The first kappa shape index (κ1) is 25.7. The standard InChI is InChI=1S/C28H25N5O6/c34-28-23-8-4-5-9-24(23)30-27(21-6-2-1-3-7-21)31(28)29-17-20-12-15-26(25(16-20)33(37)38)39-18-19-10-13-22(14-11-19)32(35)36/h4-5,8-17,21H,1-3,6-7,18H2. The van der Waals surface area contributed by atoms with Gasteiger partial charge in [-0.25, -0.2) is 4.98 Å². The van der Waals surface area contributed by atoms with E-state index in [0.717, 1.165) is 32.1 Å². The Bertz CT molecular complexity index is 1620. The van der Waals surface area contributed by atoms with E-state index < -0.39 is 9.85 Å². The van der Waals surface area contributed by atoms with Crippen molar-refractivity contribution in [3.8, 4) is 5.75 Å². The minimum absolute atomic E-state index is 0.00479. The molecule has 39 heavy (non-hydrogen) atoms. The highest BCUT2D eigenvalue weighted by molar-refractivity contribution is 5.82. The predicted octanol–water partition coefficient (Wildman–Crippen LogP) is 5.72. The Kier molecular flexibility index (Phi) is 7.39. The summed E-state index contributed by atoms with van der Waals surface area (Å²) in [4.78, 5) is 39.7. The normalized spacial score (nSPS) is 14.1. The van der Waals surface area contributed by atoms with Gasteiger partial charge < -0.3 is 4.74 Å². The lowest BCUT2D eigenvalue weighted by molar-refractivity contribution is -0.386. The summed E-state index contributed by atoms with van der Waals surface area (Å²) in [5, 5.41) is 27.5. The third-order valence-electron chi connectivity index (χ3n) is 6.79. The number of nitro groups is 2. The molecule has 0 unspecified atom stereocenters. The van der Waals surface area contributed by atoms with Crippen molar-refractivity contribution in [3.63, 3.8) is 0 Å². The van der Waals surface area contributed by atoms with Crippen LogP contribution in [0.5, 0.6) is 5.75 Å². The summed E-state index contributed by atoms with van der Waals surface area (Å²) < 4.78 is 6.97. The van der Waals surface area contributed by atoms with Crippen molar-refractivity contribution in [2.75, 3.05) is 0 Å². The smallest absolute Gasteiger partial charge is 0.311 e. The van der Waals surface area contributed by atoms with Gasteiger partial charge in [-0.05, 0) is 54.8 Å². The van der Waals surface area contributed by atoms with E-state index in [9.17, 15) is 25.0 Å². The van der Waals surface area contributed by atoms with Crippen molar-refractivity contribution in [1.82, 2.24) is 9.66 Å². The lowest BCUT2D eigenvalue weighted by Gasteiger charge is -2.22. The maximum absolute atomic E-state index is 13.4. The molecular formula is C28H25N5O6. The number of hydrogen-bond acceptors (Lipinski definition) is 8. The number of benzene rings is 3.